The molecule has 2 N–H and O–H groups in total. The van der Waals surface area contributed by atoms with Crippen LogP contribution in [-0.2, 0) is 4.79 Å². The number of carbonyl (C=O) groups is 2. The Morgan fingerprint density at radius 2 is 1.62 bits per heavy atom. The summed E-state index contributed by atoms with van der Waals surface area (Å²) < 4.78 is 0. The highest BCUT2D eigenvalue weighted by molar-refractivity contribution is 6.52. The molecule has 0 amide bonds. The monoisotopic (exact) mass is 218 g/mol. The van der Waals surface area contributed by atoms with E-state index in [9.17, 15) is 14.7 Å². The summed E-state index contributed by atoms with van der Waals surface area (Å²) in [4.78, 5) is 23.3. The van der Waals surface area contributed by atoms with E-state index < -0.39 is 11.6 Å². The van der Waals surface area contributed by atoms with E-state index in [4.69, 9.17) is 5.11 Å². The van der Waals surface area contributed by atoms with Gasteiger partial charge in [0.1, 0.15) is 5.76 Å². The van der Waals surface area contributed by atoms with Crippen molar-refractivity contribution in [1.82, 2.24) is 0 Å². The molecule has 0 atom stereocenters. The largest absolute Gasteiger partial charge is 0.507 e. The third kappa shape index (κ3) is 1.44. The predicted molar refractivity (Wildman–Crippen MR) is 57.0 cm³/mol. The SMILES string of the molecule is O=C1C(=O)c2ccccc2C(O)=C1CCO. The minimum absolute atomic E-state index is 0.00815. The fraction of sp³-hybridized carbons (Fsp3) is 0.167. The van der Waals surface area contributed by atoms with Gasteiger partial charge in [-0.3, -0.25) is 9.59 Å². The van der Waals surface area contributed by atoms with Crippen molar-refractivity contribution in [3.63, 3.8) is 0 Å². The molecule has 0 saturated carbocycles. The molecule has 1 aliphatic carbocycles. The first-order valence-corrected chi connectivity index (χ1v) is 4.88. The normalized spacial score (nSPS) is 15.3. The van der Waals surface area contributed by atoms with Gasteiger partial charge in [-0.25, -0.2) is 0 Å². The third-order valence-electron chi connectivity index (χ3n) is 2.55. The van der Waals surface area contributed by atoms with Crippen molar-refractivity contribution >= 4 is 17.3 Å². The molecule has 0 spiro atoms. The smallest absolute Gasteiger partial charge is 0.234 e. The van der Waals surface area contributed by atoms with E-state index in [2.05, 4.69) is 0 Å². The molecule has 82 valence electrons. The lowest BCUT2D eigenvalue weighted by molar-refractivity contribution is -0.112. The second-order valence-electron chi connectivity index (χ2n) is 3.50. The van der Waals surface area contributed by atoms with Crippen molar-refractivity contribution in [2.75, 3.05) is 6.61 Å². The number of ketones is 2. The Kier molecular flexibility index (Phi) is 2.58. The van der Waals surface area contributed by atoms with Crippen LogP contribution in [0.3, 0.4) is 0 Å². The number of carbonyl (C=O) groups excluding carboxylic acids is 2. The summed E-state index contributed by atoms with van der Waals surface area (Å²) in [6.07, 6.45) is -0.00919. The van der Waals surface area contributed by atoms with Crippen LogP contribution < -0.4 is 0 Å². The van der Waals surface area contributed by atoms with Crippen LogP contribution in [0.1, 0.15) is 22.3 Å². The topological polar surface area (TPSA) is 74.6 Å². The molecule has 4 heteroatoms. The molecular formula is C12H10O4. The van der Waals surface area contributed by atoms with E-state index in [1.807, 2.05) is 0 Å². The zero-order valence-electron chi connectivity index (χ0n) is 8.43. The number of hydrogen-bond acceptors (Lipinski definition) is 4. The molecule has 1 aromatic rings. The molecule has 0 radical (unpaired) electrons. The summed E-state index contributed by atoms with van der Waals surface area (Å²) in [5, 5.41) is 18.6. The van der Waals surface area contributed by atoms with E-state index in [0.29, 0.717) is 5.56 Å². The number of benzene rings is 1. The van der Waals surface area contributed by atoms with Crippen LogP contribution in [0, 0.1) is 0 Å². The lowest BCUT2D eigenvalue weighted by atomic mass is 9.87. The Bertz CT molecular complexity index is 499. The fourth-order valence-corrected chi connectivity index (χ4v) is 1.76. The van der Waals surface area contributed by atoms with Crippen molar-refractivity contribution in [2.45, 2.75) is 6.42 Å². The van der Waals surface area contributed by atoms with Gasteiger partial charge in [-0.05, 0) is 0 Å². The highest BCUT2D eigenvalue weighted by atomic mass is 16.3. The first-order valence-electron chi connectivity index (χ1n) is 4.88. The molecule has 0 aromatic heterocycles. The summed E-state index contributed by atoms with van der Waals surface area (Å²) in [5.74, 6) is -1.56. The quantitative estimate of drug-likeness (QED) is 0.729. The van der Waals surface area contributed by atoms with Crippen LogP contribution in [0.15, 0.2) is 29.8 Å². The standard InChI is InChI=1S/C12H10O4/c13-6-5-9-10(14)7-3-1-2-4-8(7)11(15)12(9)16/h1-4,13-14H,5-6H2. The number of aliphatic hydroxyl groups excluding tert-OH is 2. The van der Waals surface area contributed by atoms with Gasteiger partial charge in [-0.1, -0.05) is 24.3 Å². The number of hydrogen-bond donors (Lipinski definition) is 2. The summed E-state index contributed by atoms with van der Waals surface area (Å²) in [6, 6.07) is 6.39. The van der Waals surface area contributed by atoms with Gasteiger partial charge in [0.2, 0.25) is 11.6 Å². The van der Waals surface area contributed by atoms with Crippen LogP contribution in [0.25, 0.3) is 5.76 Å². The van der Waals surface area contributed by atoms with Crippen molar-refractivity contribution in [3.05, 3.63) is 41.0 Å². The summed E-state index contributed by atoms with van der Waals surface area (Å²) in [7, 11) is 0. The molecule has 0 aliphatic heterocycles. The van der Waals surface area contributed by atoms with Gasteiger partial charge in [0.15, 0.2) is 0 Å². The van der Waals surface area contributed by atoms with Gasteiger partial charge < -0.3 is 10.2 Å². The second kappa shape index (κ2) is 3.90. The minimum Gasteiger partial charge on any atom is -0.507 e. The average molecular weight is 218 g/mol. The summed E-state index contributed by atoms with van der Waals surface area (Å²) in [6.45, 7) is -0.277. The molecule has 0 heterocycles. The molecule has 0 unspecified atom stereocenters. The molecule has 16 heavy (non-hydrogen) atoms. The molecule has 4 nitrogen and oxygen atoms in total. The zero-order valence-corrected chi connectivity index (χ0v) is 8.43. The molecule has 2 rings (SSSR count). The van der Waals surface area contributed by atoms with Crippen molar-refractivity contribution < 1.29 is 19.8 Å². The maximum Gasteiger partial charge on any atom is 0.234 e. The van der Waals surface area contributed by atoms with Crippen molar-refractivity contribution in [3.8, 4) is 0 Å². The van der Waals surface area contributed by atoms with Gasteiger partial charge in [-0.15, -0.1) is 0 Å². The average Bonchev–Trinajstić information content (AvgIpc) is 2.32. The highest BCUT2D eigenvalue weighted by Crippen LogP contribution is 2.28. The first-order chi connectivity index (χ1) is 7.66. The Hall–Kier alpha value is -1.94. The lowest BCUT2D eigenvalue weighted by Gasteiger charge is -2.16. The molecule has 1 aliphatic rings. The molecule has 0 bridgehead atoms. The van der Waals surface area contributed by atoms with Crippen LogP contribution in [0.4, 0.5) is 0 Å². The Balaban J connectivity index is 2.64. The molecule has 1 aromatic carbocycles. The maximum atomic E-state index is 11.7. The van der Waals surface area contributed by atoms with E-state index >= 15 is 0 Å². The summed E-state index contributed by atoms with van der Waals surface area (Å²) in [5.41, 5.74) is 0.563. The third-order valence-corrected chi connectivity index (χ3v) is 2.55. The molecular weight excluding hydrogens is 208 g/mol. The fourth-order valence-electron chi connectivity index (χ4n) is 1.76. The van der Waals surface area contributed by atoms with Gasteiger partial charge in [0, 0.05) is 29.7 Å². The zero-order chi connectivity index (χ0) is 11.7. The van der Waals surface area contributed by atoms with Crippen molar-refractivity contribution in [2.24, 2.45) is 0 Å². The molecule has 0 fully saturated rings. The van der Waals surface area contributed by atoms with Gasteiger partial charge in [-0.2, -0.15) is 0 Å². The molecule has 0 saturated heterocycles. The van der Waals surface area contributed by atoms with E-state index in [-0.39, 0.29) is 29.9 Å². The Morgan fingerprint density at radius 3 is 2.25 bits per heavy atom. The van der Waals surface area contributed by atoms with E-state index in [1.54, 1.807) is 18.2 Å². The van der Waals surface area contributed by atoms with E-state index in [0.717, 1.165) is 0 Å². The number of rotatable bonds is 2. The predicted octanol–water partition coefficient (Wildman–Crippen LogP) is 1.10. The number of fused-ring (bicyclic) bond motifs is 1. The lowest BCUT2D eigenvalue weighted by Crippen LogP contribution is -2.24. The van der Waals surface area contributed by atoms with Gasteiger partial charge in [0.25, 0.3) is 0 Å². The highest BCUT2D eigenvalue weighted by Gasteiger charge is 2.31. The minimum atomic E-state index is -0.731. The van der Waals surface area contributed by atoms with Gasteiger partial charge in [0.05, 0.1) is 0 Å². The Morgan fingerprint density at radius 1 is 1.00 bits per heavy atom. The maximum absolute atomic E-state index is 11.7. The first kappa shape index (κ1) is 10.6. The van der Waals surface area contributed by atoms with Crippen LogP contribution in [0.2, 0.25) is 0 Å². The Labute approximate surface area is 91.8 Å². The van der Waals surface area contributed by atoms with Gasteiger partial charge >= 0.3 is 0 Å². The number of aliphatic hydroxyl groups is 2. The van der Waals surface area contributed by atoms with E-state index in [1.165, 1.54) is 6.07 Å². The van der Waals surface area contributed by atoms with Crippen LogP contribution in [0.5, 0.6) is 0 Å². The number of Topliss-reactive ketones (excluding diaryl/α,β-unsaturated/α-hetero) is 2. The second-order valence-corrected chi connectivity index (χ2v) is 3.50. The van der Waals surface area contributed by atoms with Crippen LogP contribution >= 0.6 is 0 Å². The summed E-state index contributed by atoms with van der Waals surface area (Å²) >= 11 is 0. The van der Waals surface area contributed by atoms with Crippen LogP contribution in [-0.4, -0.2) is 28.4 Å². The van der Waals surface area contributed by atoms with Crippen molar-refractivity contribution in [1.29, 1.82) is 0 Å².